The van der Waals surface area contributed by atoms with Gasteiger partial charge in [0.1, 0.15) is 5.75 Å². The third-order valence-electron chi connectivity index (χ3n) is 3.39. The maximum absolute atomic E-state index is 9.26. The summed E-state index contributed by atoms with van der Waals surface area (Å²) in [6, 6.07) is 14.3. The van der Waals surface area contributed by atoms with E-state index in [1.807, 2.05) is 12.1 Å². The standard InChI is InChI=1S/C17H20INO/c1-12-3-8-15(11-17(12)18)19-13(2)4-5-14-6-9-16(20)10-7-14/h3,6-11,13,19-20H,4-5H2,1-2H3. The summed E-state index contributed by atoms with van der Waals surface area (Å²) in [4.78, 5) is 0. The molecule has 2 nitrogen and oxygen atoms in total. The SMILES string of the molecule is Cc1ccc(NC(C)CCc2ccc(O)cc2)cc1I. The molecule has 1 atom stereocenters. The number of halogens is 1. The van der Waals surface area contributed by atoms with Gasteiger partial charge in [-0.15, -0.1) is 0 Å². The maximum atomic E-state index is 9.26. The molecular formula is C17H20INO. The van der Waals surface area contributed by atoms with Crippen molar-refractivity contribution in [3.8, 4) is 5.75 Å². The van der Waals surface area contributed by atoms with Crippen molar-refractivity contribution in [3.05, 3.63) is 57.2 Å². The first kappa shape index (κ1) is 15.2. The van der Waals surface area contributed by atoms with E-state index in [-0.39, 0.29) is 0 Å². The average Bonchev–Trinajstić information content (AvgIpc) is 2.42. The summed E-state index contributed by atoms with van der Waals surface area (Å²) in [7, 11) is 0. The first-order valence-electron chi connectivity index (χ1n) is 6.85. The zero-order valence-electron chi connectivity index (χ0n) is 11.9. The van der Waals surface area contributed by atoms with Gasteiger partial charge in [-0.05, 0) is 84.7 Å². The van der Waals surface area contributed by atoms with Crippen LogP contribution in [0.2, 0.25) is 0 Å². The fourth-order valence-corrected chi connectivity index (χ4v) is 2.60. The van der Waals surface area contributed by atoms with Crippen molar-refractivity contribution in [1.29, 1.82) is 0 Å². The second-order valence-electron chi connectivity index (χ2n) is 5.21. The summed E-state index contributed by atoms with van der Waals surface area (Å²) >= 11 is 2.37. The van der Waals surface area contributed by atoms with Crippen LogP contribution < -0.4 is 5.32 Å². The molecule has 0 aliphatic heterocycles. The molecule has 0 saturated heterocycles. The second-order valence-corrected chi connectivity index (χ2v) is 6.38. The summed E-state index contributed by atoms with van der Waals surface area (Å²) in [5.74, 6) is 0.328. The Morgan fingerprint density at radius 1 is 1.15 bits per heavy atom. The largest absolute Gasteiger partial charge is 0.508 e. The Hall–Kier alpha value is -1.23. The molecule has 0 fully saturated rings. The first-order chi connectivity index (χ1) is 9.54. The molecule has 0 amide bonds. The highest BCUT2D eigenvalue weighted by atomic mass is 127. The topological polar surface area (TPSA) is 32.3 Å². The molecule has 0 radical (unpaired) electrons. The molecule has 2 N–H and O–H groups in total. The van der Waals surface area contributed by atoms with Crippen LogP contribution in [0.15, 0.2) is 42.5 Å². The summed E-state index contributed by atoms with van der Waals surface area (Å²) in [5, 5.41) is 12.8. The van der Waals surface area contributed by atoms with Crippen LogP contribution in [0, 0.1) is 10.5 Å². The van der Waals surface area contributed by atoms with E-state index in [0.717, 1.165) is 12.8 Å². The molecule has 20 heavy (non-hydrogen) atoms. The minimum absolute atomic E-state index is 0.328. The number of phenols is 1. The van der Waals surface area contributed by atoms with Crippen LogP contribution in [-0.2, 0) is 6.42 Å². The average molecular weight is 381 g/mol. The van der Waals surface area contributed by atoms with E-state index in [9.17, 15) is 5.11 Å². The van der Waals surface area contributed by atoms with E-state index in [0.29, 0.717) is 11.8 Å². The smallest absolute Gasteiger partial charge is 0.115 e. The summed E-state index contributed by atoms with van der Waals surface area (Å²) in [6.45, 7) is 4.33. The van der Waals surface area contributed by atoms with Crippen molar-refractivity contribution in [2.24, 2.45) is 0 Å². The number of aryl methyl sites for hydroxylation is 2. The van der Waals surface area contributed by atoms with Gasteiger partial charge in [0.25, 0.3) is 0 Å². The lowest BCUT2D eigenvalue weighted by Gasteiger charge is -2.16. The Morgan fingerprint density at radius 2 is 1.85 bits per heavy atom. The summed E-state index contributed by atoms with van der Waals surface area (Å²) in [5.41, 5.74) is 3.75. The molecule has 0 aliphatic carbocycles. The van der Waals surface area contributed by atoms with Gasteiger partial charge in [-0.1, -0.05) is 18.2 Å². The number of anilines is 1. The molecule has 0 aromatic heterocycles. The van der Waals surface area contributed by atoms with E-state index in [4.69, 9.17) is 0 Å². The van der Waals surface area contributed by atoms with E-state index >= 15 is 0 Å². The van der Waals surface area contributed by atoms with Crippen LogP contribution in [0.4, 0.5) is 5.69 Å². The van der Waals surface area contributed by atoms with Gasteiger partial charge in [0.05, 0.1) is 0 Å². The zero-order chi connectivity index (χ0) is 14.5. The van der Waals surface area contributed by atoms with Gasteiger partial charge in [-0.2, -0.15) is 0 Å². The van der Waals surface area contributed by atoms with Gasteiger partial charge in [-0.3, -0.25) is 0 Å². The lowest BCUT2D eigenvalue weighted by atomic mass is 10.1. The zero-order valence-corrected chi connectivity index (χ0v) is 14.0. The molecule has 2 aromatic rings. The van der Waals surface area contributed by atoms with Gasteiger partial charge in [0, 0.05) is 15.3 Å². The number of hydrogen-bond donors (Lipinski definition) is 2. The highest BCUT2D eigenvalue weighted by molar-refractivity contribution is 14.1. The number of rotatable bonds is 5. The molecule has 106 valence electrons. The van der Waals surface area contributed by atoms with Gasteiger partial charge < -0.3 is 10.4 Å². The molecule has 3 heteroatoms. The van der Waals surface area contributed by atoms with Crippen LogP contribution in [0.1, 0.15) is 24.5 Å². The third-order valence-corrected chi connectivity index (χ3v) is 4.55. The van der Waals surface area contributed by atoms with Gasteiger partial charge >= 0.3 is 0 Å². The maximum Gasteiger partial charge on any atom is 0.115 e. The Kier molecular flexibility index (Phi) is 5.29. The van der Waals surface area contributed by atoms with Crippen LogP contribution in [0.3, 0.4) is 0 Å². The lowest BCUT2D eigenvalue weighted by molar-refractivity contribution is 0.475. The molecule has 0 spiro atoms. The quantitative estimate of drug-likeness (QED) is 0.734. The van der Waals surface area contributed by atoms with E-state index in [1.54, 1.807) is 12.1 Å². The van der Waals surface area contributed by atoms with Crippen molar-refractivity contribution >= 4 is 28.3 Å². The molecule has 2 rings (SSSR count). The van der Waals surface area contributed by atoms with E-state index < -0.39 is 0 Å². The number of benzene rings is 2. The van der Waals surface area contributed by atoms with E-state index in [1.165, 1.54) is 20.4 Å². The molecule has 0 bridgehead atoms. The Balaban J connectivity index is 1.87. The van der Waals surface area contributed by atoms with E-state index in [2.05, 4.69) is 60.0 Å². The van der Waals surface area contributed by atoms with Crippen molar-refractivity contribution in [2.75, 3.05) is 5.32 Å². The van der Waals surface area contributed by atoms with Crippen molar-refractivity contribution < 1.29 is 5.11 Å². The number of nitrogens with one attached hydrogen (secondary N) is 1. The Morgan fingerprint density at radius 3 is 2.50 bits per heavy atom. The fraction of sp³-hybridized carbons (Fsp3) is 0.294. The fourth-order valence-electron chi connectivity index (χ4n) is 2.09. The van der Waals surface area contributed by atoms with Crippen LogP contribution in [-0.4, -0.2) is 11.1 Å². The Bertz CT molecular complexity index is 566. The van der Waals surface area contributed by atoms with Crippen molar-refractivity contribution in [2.45, 2.75) is 32.7 Å². The molecule has 0 heterocycles. The van der Waals surface area contributed by atoms with Crippen molar-refractivity contribution in [3.63, 3.8) is 0 Å². The molecule has 0 saturated carbocycles. The van der Waals surface area contributed by atoms with Crippen LogP contribution >= 0.6 is 22.6 Å². The number of aromatic hydroxyl groups is 1. The van der Waals surface area contributed by atoms with Crippen LogP contribution in [0.25, 0.3) is 0 Å². The molecular weight excluding hydrogens is 361 g/mol. The summed E-state index contributed by atoms with van der Waals surface area (Å²) in [6.07, 6.45) is 2.08. The second kappa shape index (κ2) is 6.97. The predicted octanol–water partition coefficient (Wildman–Crippen LogP) is 4.74. The normalized spacial score (nSPS) is 12.2. The first-order valence-corrected chi connectivity index (χ1v) is 7.93. The molecule has 0 aliphatic rings. The monoisotopic (exact) mass is 381 g/mol. The minimum atomic E-state index is 0.328. The Labute approximate surface area is 134 Å². The number of hydrogen-bond acceptors (Lipinski definition) is 2. The molecule has 1 unspecified atom stereocenters. The van der Waals surface area contributed by atoms with Gasteiger partial charge in [0.15, 0.2) is 0 Å². The lowest BCUT2D eigenvalue weighted by Crippen LogP contribution is -2.16. The predicted molar refractivity (Wildman–Crippen MR) is 93.4 cm³/mol. The minimum Gasteiger partial charge on any atom is -0.508 e. The summed E-state index contributed by atoms with van der Waals surface area (Å²) < 4.78 is 1.29. The van der Waals surface area contributed by atoms with Crippen LogP contribution in [0.5, 0.6) is 5.75 Å². The highest BCUT2D eigenvalue weighted by Crippen LogP contribution is 2.19. The number of phenolic OH excluding ortho intramolecular Hbond substituents is 1. The van der Waals surface area contributed by atoms with Gasteiger partial charge in [-0.25, -0.2) is 0 Å². The third kappa shape index (κ3) is 4.40. The molecule has 2 aromatic carbocycles. The highest BCUT2D eigenvalue weighted by Gasteiger charge is 2.04. The van der Waals surface area contributed by atoms with Crippen molar-refractivity contribution in [1.82, 2.24) is 0 Å². The van der Waals surface area contributed by atoms with Gasteiger partial charge in [0.2, 0.25) is 0 Å².